The lowest BCUT2D eigenvalue weighted by Gasteiger charge is -2.07. The van der Waals surface area contributed by atoms with E-state index in [1.54, 1.807) is 0 Å². The highest BCUT2D eigenvalue weighted by molar-refractivity contribution is 5.94. The van der Waals surface area contributed by atoms with Gasteiger partial charge < -0.3 is 25.6 Å². The van der Waals surface area contributed by atoms with Gasteiger partial charge in [-0.15, -0.1) is 0 Å². The molecule has 1 rings (SSSR count). The van der Waals surface area contributed by atoms with Crippen LogP contribution in [0.1, 0.15) is 10.4 Å². The minimum atomic E-state index is -0.564. The van der Waals surface area contributed by atoms with Crippen molar-refractivity contribution >= 4 is 11.8 Å². The Kier molecular flexibility index (Phi) is 5.62. The maximum Gasteiger partial charge on any atom is 0.251 e. The highest BCUT2D eigenvalue weighted by Gasteiger charge is 2.08. The summed E-state index contributed by atoms with van der Waals surface area (Å²) in [6, 6.07) is 4.32. The summed E-state index contributed by atoms with van der Waals surface area (Å²) in [6.45, 7) is 0.231. The number of ether oxygens (including phenoxy) is 2. The van der Waals surface area contributed by atoms with Crippen LogP contribution in [0.2, 0.25) is 0 Å². The summed E-state index contributed by atoms with van der Waals surface area (Å²) in [5.74, 6) is -0.742. The molecule has 1 aromatic carbocycles. The molecule has 0 saturated heterocycles. The van der Waals surface area contributed by atoms with E-state index in [9.17, 15) is 14.7 Å². The van der Waals surface area contributed by atoms with Crippen LogP contribution < -0.4 is 15.8 Å². The molecule has 7 heteroatoms. The molecule has 0 atom stereocenters. The molecule has 104 valence electrons. The predicted octanol–water partition coefficient (Wildman–Crippen LogP) is -0.367. The Morgan fingerprint density at radius 2 is 2.16 bits per heavy atom. The number of carbonyl (C=O) groups excluding carboxylic acids is 2. The van der Waals surface area contributed by atoms with Crippen LogP contribution >= 0.6 is 0 Å². The number of carbonyl (C=O) groups is 2. The topological polar surface area (TPSA) is 111 Å². The van der Waals surface area contributed by atoms with Gasteiger partial charge in [0, 0.05) is 12.1 Å². The molecule has 0 unspecified atom stereocenters. The Labute approximate surface area is 110 Å². The first kappa shape index (κ1) is 14.8. The summed E-state index contributed by atoms with van der Waals surface area (Å²) in [5, 5.41) is 12.1. The minimum Gasteiger partial charge on any atom is -0.504 e. The lowest BCUT2D eigenvalue weighted by molar-refractivity contribution is -0.122. The van der Waals surface area contributed by atoms with Crippen molar-refractivity contribution in [3.05, 3.63) is 23.8 Å². The number of amides is 2. The molecule has 0 spiro atoms. The lowest BCUT2D eigenvalue weighted by atomic mass is 10.2. The van der Waals surface area contributed by atoms with Crippen LogP contribution in [-0.2, 0) is 9.53 Å². The molecule has 0 heterocycles. The van der Waals surface area contributed by atoms with E-state index in [-0.39, 0.29) is 31.4 Å². The largest absolute Gasteiger partial charge is 0.504 e. The molecule has 0 fully saturated rings. The predicted molar refractivity (Wildman–Crippen MR) is 67.0 cm³/mol. The number of hydrogen-bond donors (Lipinski definition) is 3. The van der Waals surface area contributed by atoms with Crippen molar-refractivity contribution in [2.45, 2.75) is 0 Å². The number of nitrogens with two attached hydrogens (primary N) is 1. The summed E-state index contributed by atoms with van der Waals surface area (Å²) < 4.78 is 9.75. The van der Waals surface area contributed by atoms with Crippen LogP contribution in [-0.4, -0.2) is 43.8 Å². The molecule has 0 radical (unpaired) electrons. The van der Waals surface area contributed by atoms with Crippen molar-refractivity contribution in [2.75, 3.05) is 26.9 Å². The van der Waals surface area contributed by atoms with Crippen LogP contribution in [0.15, 0.2) is 18.2 Å². The number of hydrogen-bond acceptors (Lipinski definition) is 5. The molecule has 2 amide bonds. The van der Waals surface area contributed by atoms with Gasteiger partial charge in [-0.25, -0.2) is 0 Å². The zero-order valence-corrected chi connectivity index (χ0v) is 10.5. The average molecular weight is 268 g/mol. The fourth-order valence-corrected chi connectivity index (χ4v) is 1.34. The van der Waals surface area contributed by atoms with Crippen LogP contribution in [0.4, 0.5) is 0 Å². The standard InChI is InChI=1S/C12H16N2O5/c1-18-10-3-2-8(6-9(10)15)12(17)14-4-5-19-7-11(13)16/h2-3,6,15H,4-5,7H2,1H3,(H2,13,16)(H,14,17). The van der Waals surface area contributed by atoms with Crippen LogP contribution in [0.5, 0.6) is 11.5 Å². The van der Waals surface area contributed by atoms with Crippen LogP contribution in [0, 0.1) is 0 Å². The third-order valence-corrected chi connectivity index (χ3v) is 2.22. The summed E-state index contributed by atoms with van der Waals surface area (Å²) >= 11 is 0. The van der Waals surface area contributed by atoms with E-state index in [1.165, 1.54) is 25.3 Å². The monoisotopic (exact) mass is 268 g/mol. The third kappa shape index (κ3) is 4.84. The molecular formula is C12H16N2O5. The molecule has 4 N–H and O–H groups in total. The molecule has 7 nitrogen and oxygen atoms in total. The van der Waals surface area contributed by atoms with Gasteiger partial charge in [-0.2, -0.15) is 0 Å². The average Bonchev–Trinajstić information content (AvgIpc) is 2.37. The van der Waals surface area contributed by atoms with Crippen LogP contribution in [0.25, 0.3) is 0 Å². The fourth-order valence-electron chi connectivity index (χ4n) is 1.34. The molecule has 0 aliphatic rings. The van der Waals surface area contributed by atoms with Gasteiger partial charge in [-0.3, -0.25) is 9.59 Å². The molecule has 0 aliphatic heterocycles. The summed E-state index contributed by atoms with van der Waals surface area (Å²) in [6.07, 6.45) is 0. The lowest BCUT2D eigenvalue weighted by Crippen LogP contribution is -2.28. The van der Waals surface area contributed by atoms with Gasteiger partial charge in [-0.1, -0.05) is 0 Å². The van der Waals surface area contributed by atoms with Crippen molar-refractivity contribution in [3.63, 3.8) is 0 Å². The summed E-state index contributed by atoms with van der Waals surface area (Å²) in [4.78, 5) is 22.1. The van der Waals surface area contributed by atoms with E-state index in [4.69, 9.17) is 15.2 Å². The summed E-state index contributed by atoms with van der Waals surface area (Å²) in [7, 11) is 1.42. The first-order valence-electron chi connectivity index (χ1n) is 5.56. The van der Waals surface area contributed by atoms with Gasteiger partial charge in [0.25, 0.3) is 5.91 Å². The maximum absolute atomic E-state index is 11.7. The Hall–Kier alpha value is -2.28. The SMILES string of the molecule is COc1ccc(C(=O)NCCOCC(N)=O)cc1O. The Balaban J connectivity index is 2.41. The summed E-state index contributed by atoms with van der Waals surface area (Å²) in [5.41, 5.74) is 5.18. The maximum atomic E-state index is 11.7. The van der Waals surface area contributed by atoms with E-state index in [0.717, 1.165) is 0 Å². The van der Waals surface area contributed by atoms with Gasteiger partial charge in [0.2, 0.25) is 5.91 Å². The van der Waals surface area contributed by atoms with E-state index in [1.807, 2.05) is 0 Å². The number of methoxy groups -OCH3 is 1. The van der Waals surface area contributed by atoms with Gasteiger partial charge >= 0.3 is 0 Å². The first-order valence-corrected chi connectivity index (χ1v) is 5.56. The zero-order valence-electron chi connectivity index (χ0n) is 10.5. The van der Waals surface area contributed by atoms with E-state index < -0.39 is 5.91 Å². The van der Waals surface area contributed by atoms with E-state index in [2.05, 4.69) is 5.32 Å². The van der Waals surface area contributed by atoms with Crippen molar-refractivity contribution in [1.29, 1.82) is 0 Å². The zero-order chi connectivity index (χ0) is 14.3. The molecule has 19 heavy (non-hydrogen) atoms. The third-order valence-electron chi connectivity index (χ3n) is 2.22. The van der Waals surface area contributed by atoms with Gasteiger partial charge in [0.15, 0.2) is 11.5 Å². The Morgan fingerprint density at radius 1 is 1.42 bits per heavy atom. The number of phenolic OH excluding ortho intramolecular Hbond substituents is 1. The molecule has 1 aromatic rings. The number of benzene rings is 1. The molecule has 0 saturated carbocycles. The van der Waals surface area contributed by atoms with Crippen molar-refractivity contribution in [3.8, 4) is 11.5 Å². The normalized spacial score (nSPS) is 9.95. The fraction of sp³-hybridized carbons (Fsp3) is 0.333. The number of nitrogens with one attached hydrogen (secondary N) is 1. The minimum absolute atomic E-state index is 0.111. The number of aromatic hydroxyl groups is 1. The molecular weight excluding hydrogens is 252 g/mol. The quantitative estimate of drug-likeness (QED) is 0.584. The second-order valence-electron chi connectivity index (χ2n) is 3.66. The number of primary amides is 1. The number of phenols is 1. The molecule has 0 aromatic heterocycles. The molecule has 0 bridgehead atoms. The van der Waals surface area contributed by atoms with Crippen molar-refractivity contribution < 1.29 is 24.2 Å². The van der Waals surface area contributed by atoms with Crippen molar-refractivity contribution in [2.24, 2.45) is 5.73 Å². The van der Waals surface area contributed by atoms with E-state index in [0.29, 0.717) is 11.3 Å². The van der Waals surface area contributed by atoms with Gasteiger partial charge in [0.05, 0.1) is 13.7 Å². The second-order valence-corrected chi connectivity index (χ2v) is 3.66. The Bertz CT molecular complexity index is 461. The van der Waals surface area contributed by atoms with Gasteiger partial charge in [0.1, 0.15) is 6.61 Å². The highest BCUT2D eigenvalue weighted by atomic mass is 16.5. The van der Waals surface area contributed by atoms with Crippen molar-refractivity contribution in [1.82, 2.24) is 5.32 Å². The molecule has 0 aliphatic carbocycles. The van der Waals surface area contributed by atoms with Crippen LogP contribution in [0.3, 0.4) is 0 Å². The van der Waals surface area contributed by atoms with E-state index >= 15 is 0 Å². The number of rotatable bonds is 7. The first-order chi connectivity index (χ1) is 9.04. The second kappa shape index (κ2) is 7.22. The smallest absolute Gasteiger partial charge is 0.251 e. The Morgan fingerprint density at radius 3 is 2.74 bits per heavy atom. The highest BCUT2D eigenvalue weighted by Crippen LogP contribution is 2.25. The van der Waals surface area contributed by atoms with Gasteiger partial charge in [-0.05, 0) is 18.2 Å².